The summed E-state index contributed by atoms with van der Waals surface area (Å²) in [5.74, 6) is 0.451. The van der Waals surface area contributed by atoms with E-state index in [4.69, 9.17) is 4.74 Å². The second-order valence-electron chi connectivity index (χ2n) is 10.3. The predicted octanol–water partition coefficient (Wildman–Crippen LogP) is 8.51. The van der Waals surface area contributed by atoms with Crippen molar-refractivity contribution in [3.05, 3.63) is 88.0 Å². The first-order valence-electron chi connectivity index (χ1n) is 13.0. The van der Waals surface area contributed by atoms with Crippen molar-refractivity contribution < 1.29 is 49.0 Å². The van der Waals surface area contributed by atoms with Gasteiger partial charge in [0.1, 0.15) is 5.75 Å². The van der Waals surface area contributed by atoms with Crippen LogP contribution >= 0.6 is 0 Å². The van der Waals surface area contributed by atoms with Crippen LogP contribution in [-0.2, 0) is 29.9 Å². The number of alkyl halides is 9. The Morgan fingerprint density at radius 3 is 1.79 bits per heavy atom. The Morgan fingerprint density at radius 1 is 0.721 bits per heavy atom. The fraction of sp³-hybridized carbons (Fsp3) is 0.367. The number of carbonyl (C=O) groups is 1. The first kappa shape index (κ1) is 33.8. The fourth-order valence-electron chi connectivity index (χ4n) is 4.62. The molecule has 0 spiro atoms. The number of rotatable bonds is 10. The molecule has 3 aromatic carbocycles. The van der Waals surface area contributed by atoms with E-state index < -0.39 is 52.9 Å². The molecule has 0 saturated carbocycles. The molecule has 0 fully saturated rings. The molecule has 2 atom stereocenters. The van der Waals surface area contributed by atoms with Crippen molar-refractivity contribution in [2.24, 2.45) is 0 Å². The molecule has 0 radical (unpaired) electrons. The average molecular weight is 621 g/mol. The Kier molecular flexibility index (Phi) is 10.1. The van der Waals surface area contributed by atoms with Gasteiger partial charge in [-0.1, -0.05) is 26.0 Å². The molecular weight excluding hydrogens is 591 g/mol. The standard InChI is InChI=1S/C30H29F9N2O2/c1-16(2)18-5-8-26(43-4)25(12-18)24-7-6-21(28(31,32)33)11-20(24)14-40-17(3)27(41-15-42)19-9-22(29(34,35)36)13-23(10-19)30(37,38)39/h5-13,15-17,27,40H,14H2,1-4H3,(H,41,42). The second kappa shape index (κ2) is 12.9. The summed E-state index contributed by atoms with van der Waals surface area (Å²) in [5.41, 5.74) is -2.74. The van der Waals surface area contributed by atoms with E-state index in [9.17, 15) is 44.3 Å². The van der Waals surface area contributed by atoms with Crippen LogP contribution < -0.4 is 15.4 Å². The van der Waals surface area contributed by atoms with E-state index >= 15 is 0 Å². The van der Waals surface area contributed by atoms with Gasteiger partial charge in [0.2, 0.25) is 6.41 Å². The summed E-state index contributed by atoms with van der Waals surface area (Å²) in [4.78, 5) is 11.4. The van der Waals surface area contributed by atoms with Crippen LogP contribution in [0.5, 0.6) is 5.75 Å². The lowest BCUT2D eigenvalue weighted by atomic mass is 9.92. The van der Waals surface area contributed by atoms with Gasteiger partial charge in [0.05, 0.1) is 29.8 Å². The highest BCUT2D eigenvalue weighted by atomic mass is 19.4. The fourth-order valence-corrected chi connectivity index (χ4v) is 4.62. The van der Waals surface area contributed by atoms with E-state index in [1.54, 1.807) is 12.1 Å². The molecule has 4 nitrogen and oxygen atoms in total. The first-order chi connectivity index (χ1) is 19.9. The molecule has 0 aliphatic rings. The molecular formula is C30H29F9N2O2. The van der Waals surface area contributed by atoms with E-state index in [0.717, 1.165) is 17.7 Å². The molecule has 0 saturated heterocycles. The van der Waals surface area contributed by atoms with Crippen LogP contribution in [0.4, 0.5) is 39.5 Å². The molecule has 0 heterocycles. The maximum Gasteiger partial charge on any atom is 0.416 e. The number of methoxy groups -OCH3 is 1. The third-order valence-corrected chi connectivity index (χ3v) is 6.94. The topological polar surface area (TPSA) is 50.4 Å². The van der Waals surface area contributed by atoms with Crippen molar-refractivity contribution in [1.82, 2.24) is 10.6 Å². The van der Waals surface area contributed by atoms with Crippen LogP contribution in [-0.4, -0.2) is 19.6 Å². The first-order valence-corrected chi connectivity index (χ1v) is 13.0. The van der Waals surface area contributed by atoms with Gasteiger partial charge in [-0.15, -0.1) is 0 Å². The molecule has 2 unspecified atom stereocenters. The highest BCUT2D eigenvalue weighted by Gasteiger charge is 2.38. The number of nitrogens with one attached hydrogen (secondary N) is 2. The Bertz CT molecular complexity index is 1400. The average Bonchev–Trinajstić information content (AvgIpc) is 2.92. The van der Waals surface area contributed by atoms with Crippen LogP contribution in [0, 0.1) is 0 Å². The molecule has 1 amide bonds. The molecule has 3 aromatic rings. The lowest BCUT2D eigenvalue weighted by molar-refractivity contribution is -0.143. The normalized spacial score (nSPS) is 14.0. The van der Waals surface area contributed by atoms with Crippen LogP contribution in [0.2, 0.25) is 0 Å². The SMILES string of the molecule is COc1ccc(C(C)C)cc1-c1ccc(C(F)(F)F)cc1CNC(C)C(NC=O)c1cc(C(F)(F)F)cc(C(F)(F)F)c1. The van der Waals surface area contributed by atoms with E-state index in [1.807, 2.05) is 19.9 Å². The summed E-state index contributed by atoms with van der Waals surface area (Å²) >= 11 is 0. The van der Waals surface area contributed by atoms with Crippen molar-refractivity contribution in [3.8, 4) is 16.9 Å². The minimum atomic E-state index is -5.12. The van der Waals surface area contributed by atoms with E-state index in [0.29, 0.717) is 29.0 Å². The minimum Gasteiger partial charge on any atom is -0.496 e. The summed E-state index contributed by atoms with van der Waals surface area (Å²) in [6.07, 6.45) is -14.8. The maximum atomic E-state index is 13.7. The van der Waals surface area contributed by atoms with Gasteiger partial charge in [-0.3, -0.25) is 4.79 Å². The van der Waals surface area contributed by atoms with E-state index in [2.05, 4.69) is 10.6 Å². The molecule has 0 aliphatic heterocycles. The molecule has 0 aliphatic carbocycles. The molecule has 234 valence electrons. The summed E-state index contributed by atoms with van der Waals surface area (Å²) in [7, 11) is 1.40. The van der Waals surface area contributed by atoms with Crippen molar-refractivity contribution >= 4 is 6.41 Å². The molecule has 3 rings (SSSR count). The van der Waals surface area contributed by atoms with Gasteiger partial charge in [-0.05, 0) is 77.6 Å². The van der Waals surface area contributed by atoms with Gasteiger partial charge in [0.25, 0.3) is 0 Å². The van der Waals surface area contributed by atoms with Crippen LogP contribution in [0.25, 0.3) is 11.1 Å². The number of amides is 1. The number of benzene rings is 3. The largest absolute Gasteiger partial charge is 0.496 e. The maximum absolute atomic E-state index is 13.7. The number of carbonyl (C=O) groups excluding carboxylic acids is 1. The summed E-state index contributed by atoms with van der Waals surface area (Å²) in [6, 6.07) is 6.86. The van der Waals surface area contributed by atoms with Gasteiger partial charge < -0.3 is 15.4 Å². The van der Waals surface area contributed by atoms with Gasteiger partial charge in [0, 0.05) is 18.2 Å². The molecule has 0 aromatic heterocycles. The van der Waals surface area contributed by atoms with Gasteiger partial charge in [0.15, 0.2) is 0 Å². The Balaban J connectivity index is 2.08. The molecule has 2 N–H and O–H groups in total. The number of hydrogen-bond acceptors (Lipinski definition) is 3. The van der Waals surface area contributed by atoms with Crippen molar-refractivity contribution in [1.29, 1.82) is 0 Å². The highest BCUT2D eigenvalue weighted by Crippen LogP contribution is 2.40. The monoisotopic (exact) mass is 620 g/mol. The summed E-state index contributed by atoms with van der Waals surface area (Å²) in [6.45, 7) is 4.95. The molecule has 43 heavy (non-hydrogen) atoms. The van der Waals surface area contributed by atoms with Gasteiger partial charge in [-0.25, -0.2) is 0 Å². The summed E-state index contributed by atoms with van der Waals surface area (Å²) in [5, 5.41) is 5.10. The third-order valence-electron chi connectivity index (χ3n) is 6.94. The van der Waals surface area contributed by atoms with Crippen molar-refractivity contribution in [2.75, 3.05) is 7.11 Å². The molecule has 13 heteroatoms. The lowest BCUT2D eigenvalue weighted by Crippen LogP contribution is -2.39. The minimum absolute atomic E-state index is 0.0346. The Labute approximate surface area is 242 Å². The van der Waals surface area contributed by atoms with E-state index in [1.165, 1.54) is 20.1 Å². The number of halogens is 9. The van der Waals surface area contributed by atoms with Crippen LogP contribution in [0.3, 0.4) is 0 Å². The quantitative estimate of drug-likeness (QED) is 0.177. The summed E-state index contributed by atoms with van der Waals surface area (Å²) < 4.78 is 127. The second-order valence-corrected chi connectivity index (χ2v) is 10.3. The third kappa shape index (κ3) is 8.21. The van der Waals surface area contributed by atoms with Crippen molar-refractivity contribution in [2.45, 2.75) is 63.8 Å². The lowest BCUT2D eigenvalue weighted by Gasteiger charge is -2.27. The zero-order valence-corrected chi connectivity index (χ0v) is 23.4. The van der Waals surface area contributed by atoms with Gasteiger partial charge in [-0.2, -0.15) is 39.5 Å². The zero-order chi connectivity index (χ0) is 32.3. The van der Waals surface area contributed by atoms with E-state index in [-0.39, 0.29) is 30.5 Å². The predicted molar refractivity (Wildman–Crippen MR) is 142 cm³/mol. The smallest absolute Gasteiger partial charge is 0.416 e. The Morgan fingerprint density at radius 2 is 1.30 bits per heavy atom. The van der Waals surface area contributed by atoms with Crippen LogP contribution in [0.1, 0.15) is 66.1 Å². The highest BCUT2D eigenvalue weighted by molar-refractivity contribution is 5.75. The van der Waals surface area contributed by atoms with Gasteiger partial charge >= 0.3 is 18.5 Å². The Hall–Kier alpha value is -3.74. The van der Waals surface area contributed by atoms with Crippen molar-refractivity contribution in [3.63, 3.8) is 0 Å². The number of ether oxygens (including phenoxy) is 1. The zero-order valence-electron chi connectivity index (χ0n) is 23.4. The van der Waals surface area contributed by atoms with Crippen LogP contribution in [0.15, 0.2) is 54.6 Å². The number of hydrogen-bond donors (Lipinski definition) is 2. The molecule has 0 bridgehead atoms.